The zero-order valence-electron chi connectivity index (χ0n) is 11.2. The van der Waals surface area contributed by atoms with Gasteiger partial charge in [-0.1, -0.05) is 6.07 Å². The van der Waals surface area contributed by atoms with Crippen molar-refractivity contribution in [3.63, 3.8) is 0 Å². The first kappa shape index (κ1) is 14.5. The minimum Gasteiger partial charge on any atom is -0.493 e. The van der Waals surface area contributed by atoms with E-state index in [-0.39, 0.29) is 5.91 Å². The van der Waals surface area contributed by atoms with E-state index in [2.05, 4.69) is 5.32 Å². The molecule has 18 heavy (non-hydrogen) atoms. The first-order chi connectivity index (χ1) is 8.54. The van der Waals surface area contributed by atoms with Crippen molar-refractivity contribution in [2.45, 2.75) is 33.3 Å². The first-order valence-electron chi connectivity index (χ1n) is 6.22. The minimum atomic E-state index is -0.479. The number of ether oxygens (including phenoxy) is 1. The number of amides is 1. The standard InChI is InChI=1S/C14H21NO3/c1-4-15-14(17)7-8-18-13-6-5-12(11(3)16)9-10(13)2/h5-6,9,11,16H,4,7-8H2,1-3H3,(H,15,17). The van der Waals surface area contributed by atoms with Gasteiger partial charge in [0.05, 0.1) is 19.1 Å². The maximum Gasteiger partial charge on any atom is 0.223 e. The SMILES string of the molecule is CCNC(=O)CCOc1ccc(C(C)O)cc1C. The topological polar surface area (TPSA) is 58.6 Å². The summed E-state index contributed by atoms with van der Waals surface area (Å²) in [6, 6.07) is 5.56. The molecular formula is C14H21NO3. The quantitative estimate of drug-likeness (QED) is 0.812. The van der Waals surface area contributed by atoms with Crippen LogP contribution in [0.15, 0.2) is 18.2 Å². The summed E-state index contributed by atoms with van der Waals surface area (Å²) in [6.07, 6.45) is -0.126. The lowest BCUT2D eigenvalue weighted by Gasteiger charge is -2.11. The molecule has 0 bridgehead atoms. The summed E-state index contributed by atoms with van der Waals surface area (Å²) in [6.45, 7) is 6.54. The predicted molar refractivity (Wildman–Crippen MR) is 70.6 cm³/mol. The Morgan fingerprint density at radius 2 is 2.22 bits per heavy atom. The van der Waals surface area contributed by atoms with Crippen LogP contribution in [0.5, 0.6) is 5.75 Å². The molecule has 0 aliphatic carbocycles. The molecule has 4 heteroatoms. The maximum atomic E-state index is 11.2. The van der Waals surface area contributed by atoms with Crippen LogP contribution < -0.4 is 10.1 Å². The van der Waals surface area contributed by atoms with Crippen LogP contribution in [0, 0.1) is 6.92 Å². The summed E-state index contributed by atoms with van der Waals surface area (Å²) >= 11 is 0. The Bertz CT molecular complexity index is 402. The molecule has 0 aliphatic rings. The zero-order chi connectivity index (χ0) is 13.5. The molecule has 1 rings (SSSR count). The second-order valence-electron chi connectivity index (χ2n) is 4.25. The fourth-order valence-corrected chi connectivity index (χ4v) is 1.63. The third kappa shape index (κ3) is 4.37. The van der Waals surface area contributed by atoms with Crippen molar-refractivity contribution in [3.8, 4) is 5.75 Å². The molecule has 0 aromatic heterocycles. The highest BCUT2D eigenvalue weighted by Gasteiger charge is 2.06. The lowest BCUT2D eigenvalue weighted by Crippen LogP contribution is -2.24. The number of hydrogen-bond donors (Lipinski definition) is 2. The van der Waals surface area contributed by atoms with Gasteiger partial charge >= 0.3 is 0 Å². The third-order valence-electron chi connectivity index (χ3n) is 2.64. The molecule has 0 aliphatic heterocycles. The molecule has 4 nitrogen and oxygen atoms in total. The Kier molecular flexibility index (Phi) is 5.65. The molecule has 0 radical (unpaired) electrons. The molecule has 1 aromatic rings. The van der Waals surface area contributed by atoms with E-state index in [1.165, 1.54) is 0 Å². The maximum absolute atomic E-state index is 11.2. The average molecular weight is 251 g/mol. The summed E-state index contributed by atoms with van der Waals surface area (Å²) in [4.78, 5) is 11.2. The number of benzene rings is 1. The number of aryl methyl sites for hydroxylation is 1. The number of hydrogen-bond acceptors (Lipinski definition) is 3. The molecule has 1 aromatic carbocycles. The number of nitrogens with one attached hydrogen (secondary N) is 1. The van der Waals surface area contributed by atoms with Crippen molar-refractivity contribution in [1.82, 2.24) is 5.32 Å². The van der Waals surface area contributed by atoms with E-state index >= 15 is 0 Å². The lowest BCUT2D eigenvalue weighted by atomic mass is 10.1. The number of carbonyl (C=O) groups excluding carboxylic acids is 1. The number of aliphatic hydroxyl groups is 1. The Morgan fingerprint density at radius 3 is 2.78 bits per heavy atom. The van der Waals surface area contributed by atoms with E-state index in [1.54, 1.807) is 6.92 Å². The van der Waals surface area contributed by atoms with E-state index in [9.17, 15) is 9.90 Å². The molecule has 2 N–H and O–H groups in total. The second-order valence-corrected chi connectivity index (χ2v) is 4.25. The largest absolute Gasteiger partial charge is 0.493 e. The summed E-state index contributed by atoms with van der Waals surface area (Å²) in [5.74, 6) is 0.749. The van der Waals surface area contributed by atoms with Gasteiger partial charge in [-0.25, -0.2) is 0 Å². The van der Waals surface area contributed by atoms with Crippen LogP contribution in [-0.2, 0) is 4.79 Å². The normalized spacial score (nSPS) is 12.0. The minimum absolute atomic E-state index is 0.00393. The van der Waals surface area contributed by atoms with Crippen LogP contribution in [0.1, 0.15) is 37.5 Å². The predicted octanol–water partition coefficient (Wildman–Crippen LogP) is 1.95. The van der Waals surface area contributed by atoms with E-state index in [1.807, 2.05) is 32.0 Å². The first-order valence-corrected chi connectivity index (χ1v) is 6.22. The summed E-state index contributed by atoms with van der Waals surface area (Å²) in [7, 11) is 0. The molecular weight excluding hydrogens is 230 g/mol. The van der Waals surface area contributed by atoms with Crippen molar-refractivity contribution < 1.29 is 14.6 Å². The molecule has 0 saturated heterocycles. The fourth-order valence-electron chi connectivity index (χ4n) is 1.63. The lowest BCUT2D eigenvalue weighted by molar-refractivity contribution is -0.121. The molecule has 1 atom stereocenters. The Balaban J connectivity index is 2.50. The van der Waals surface area contributed by atoms with Crippen LogP contribution >= 0.6 is 0 Å². The highest BCUT2D eigenvalue weighted by atomic mass is 16.5. The van der Waals surface area contributed by atoms with Crippen molar-refractivity contribution >= 4 is 5.91 Å². The van der Waals surface area contributed by atoms with Crippen LogP contribution in [0.4, 0.5) is 0 Å². The van der Waals surface area contributed by atoms with Gasteiger partial charge in [0.2, 0.25) is 5.91 Å². The van der Waals surface area contributed by atoms with E-state index in [4.69, 9.17) is 4.74 Å². The van der Waals surface area contributed by atoms with Crippen LogP contribution in [-0.4, -0.2) is 24.2 Å². The smallest absolute Gasteiger partial charge is 0.223 e. The Labute approximate surface area is 108 Å². The van der Waals surface area contributed by atoms with Gasteiger partial charge < -0.3 is 15.2 Å². The van der Waals surface area contributed by atoms with Crippen LogP contribution in [0.2, 0.25) is 0 Å². The van der Waals surface area contributed by atoms with Crippen LogP contribution in [0.3, 0.4) is 0 Å². The van der Waals surface area contributed by atoms with Crippen molar-refractivity contribution in [3.05, 3.63) is 29.3 Å². The van der Waals surface area contributed by atoms with E-state index in [0.29, 0.717) is 19.6 Å². The van der Waals surface area contributed by atoms with Crippen molar-refractivity contribution in [2.24, 2.45) is 0 Å². The summed E-state index contributed by atoms with van der Waals surface area (Å²) < 4.78 is 5.55. The van der Waals surface area contributed by atoms with Crippen LogP contribution in [0.25, 0.3) is 0 Å². The Morgan fingerprint density at radius 1 is 1.50 bits per heavy atom. The van der Waals surface area contributed by atoms with E-state index < -0.39 is 6.10 Å². The highest BCUT2D eigenvalue weighted by Crippen LogP contribution is 2.22. The fraction of sp³-hybridized carbons (Fsp3) is 0.500. The van der Waals surface area contributed by atoms with Crippen molar-refractivity contribution in [2.75, 3.05) is 13.2 Å². The van der Waals surface area contributed by atoms with Gasteiger partial charge in [-0.2, -0.15) is 0 Å². The molecule has 100 valence electrons. The van der Waals surface area contributed by atoms with E-state index in [0.717, 1.165) is 16.9 Å². The summed E-state index contributed by atoms with van der Waals surface area (Å²) in [5.41, 5.74) is 1.83. The highest BCUT2D eigenvalue weighted by molar-refractivity contribution is 5.75. The molecule has 1 amide bonds. The third-order valence-corrected chi connectivity index (χ3v) is 2.64. The van der Waals surface area contributed by atoms with Gasteiger partial charge in [0, 0.05) is 6.54 Å². The van der Waals surface area contributed by atoms with Gasteiger partial charge in [-0.05, 0) is 44.0 Å². The van der Waals surface area contributed by atoms with Gasteiger partial charge in [-0.15, -0.1) is 0 Å². The molecule has 1 unspecified atom stereocenters. The van der Waals surface area contributed by atoms with Gasteiger partial charge in [-0.3, -0.25) is 4.79 Å². The zero-order valence-corrected chi connectivity index (χ0v) is 11.2. The summed E-state index contributed by atoms with van der Waals surface area (Å²) in [5, 5.41) is 12.2. The number of aliphatic hydroxyl groups excluding tert-OH is 1. The van der Waals surface area contributed by atoms with Gasteiger partial charge in [0.15, 0.2) is 0 Å². The second kappa shape index (κ2) is 7.01. The molecule has 0 saturated carbocycles. The molecule has 0 heterocycles. The molecule has 0 spiro atoms. The number of carbonyl (C=O) groups is 1. The van der Waals surface area contributed by atoms with Gasteiger partial charge in [0.1, 0.15) is 5.75 Å². The Hall–Kier alpha value is -1.55. The monoisotopic (exact) mass is 251 g/mol. The molecule has 0 fully saturated rings. The van der Waals surface area contributed by atoms with Crippen molar-refractivity contribution in [1.29, 1.82) is 0 Å². The average Bonchev–Trinajstić information content (AvgIpc) is 2.31. The number of rotatable bonds is 6. The van der Waals surface area contributed by atoms with Gasteiger partial charge in [0.25, 0.3) is 0 Å².